The molecule has 4 heteroatoms. The number of allylic oxidation sites excluding steroid dienone is 4. The predicted octanol–water partition coefficient (Wildman–Crippen LogP) is 11.6. The quantitative estimate of drug-likeness (QED) is 0.195. The molecule has 0 spiro atoms. The van der Waals surface area contributed by atoms with E-state index in [1.54, 1.807) is 11.3 Å². The molecule has 9 aromatic rings. The molecule has 6 aromatic carbocycles. The van der Waals surface area contributed by atoms with Crippen LogP contribution in [0.2, 0.25) is 0 Å². The van der Waals surface area contributed by atoms with Gasteiger partial charge in [0.05, 0.1) is 15.9 Å². The molecule has 3 nitrogen and oxygen atoms in total. The summed E-state index contributed by atoms with van der Waals surface area (Å²) in [7, 11) is 0. The second-order valence-corrected chi connectivity index (χ2v) is 12.6. The molecule has 0 atom stereocenters. The molecule has 0 saturated carbocycles. The van der Waals surface area contributed by atoms with Gasteiger partial charge in [-0.1, -0.05) is 97.1 Å². The maximum absolute atomic E-state index is 6.42. The Hall–Kier alpha value is -5.32. The van der Waals surface area contributed by atoms with Crippen molar-refractivity contribution < 1.29 is 4.42 Å². The van der Waals surface area contributed by atoms with Crippen molar-refractivity contribution in [3.8, 4) is 22.5 Å². The Morgan fingerprint density at radius 1 is 0.614 bits per heavy atom. The second-order valence-electron chi connectivity index (χ2n) is 11.6. The SMILES string of the molecule is C1=CC(c2nc(-c3ccc4c(c3)c3c(-c5ccccc5)ccc5oc6cccc4c6c53)nc3c2sc2ccccc23)=CCC1. The van der Waals surface area contributed by atoms with E-state index in [9.17, 15) is 0 Å². The van der Waals surface area contributed by atoms with Crippen molar-refractivity contribution in [3.05, 3.63) is 127 Å². The zero-order valence-electron chi connectivity index (χ0n) is 23.7. The molecule has 0 amide bonds. The summed E-state index contributed by atoms with van der Waals surface area (Å²) in [5, 5.41) is 8.36. The van der Waals surface area contributed by atoms with Gasteiger partial charge in [0, 0.05) is 31.8 Å². The number of thiophene rings is 1. The average Bonchev–Trinajstić information content (AvgIpc) is 3.67. The van der Waals surface area contributed by atoms with Crippen molar-refractivity contribution in [2.75, 3.05) is 0 Å². The molecule has 0 bridgehead atoms. The van der Waals surface area contributed by atoms with Crippen LogP contribution in [0.1, 0.15) is 18.5 Å². The van der Waals surface area contributed by atoms with Gasteiger partial charge in [0.1, 0.15) is 11.2 Å². The molecule has 3 heterocycles. The molecule has 0 N–H and O–H groups in total. The molecular formula is C40H24N2OS. The monoisotopic (exact) mass is 580 g/mol. The van der Waals surface area contributed by atoms with Gasteiger partial charge < -0.3 is 4.42 Å². The lowest BCUT2D eigenvalue weighted by Crippen LogP contribution is -1.97. The first kappa shape index (κ1) is 24.2. The van der Waals surface area contributed by atoms with Crippen LogP contribution in [0.4, 0.5) is 0 Å². The largest absolute Gasteiger partial charge is 0.456 e. The Bertz CT molecular complexity index is 2660. The van der Waals surface area contributed by atoms with E-state index in [1.807, 2.05) is 0 Å². The molecular weight excluding hydrogens is 557 g/mol. The lowest BCUT2D eigenvalue weighted by atomic mass is 9.89. The molecule has 10 rings (SSSR count). The van der Waals surface area contributed by atoms with E-state index in [0.29, 0.717) is 0 Å². The number of benzene rings is 6. The topological polar surface area (TPSA) is 38.9 Å². The Kier molecular flexibility index (Phi) is 4.99. The smallest absolute Gasteiger partial charge is 0.160 e. The van der Waals surface area contributed by atoms with Crippen LogP contribution < -0.4 is 0 Å². The number of hydrogen-bond donors (Lipinski definition) is 0. The van der Waals surface area contributed by atoms with Gasteiger partial charge in [-0.25, -0.2) is 9.97 Å². The normalized spacial score (nSPS) is 13.8. The lowest BCUT2D eigenvalue weighted by molar-refractivity contribution is 0.669. The minimum absolute atomic E-state index is 0.753. The van der Waals surface area contributed by atoms with Crippen LogP contribution in [-0.2, 0) is 0 Å². The van der Waals surface area contributed by atoms with Crippen molar-refractivity contribution in [2.45, 2.75) is 12.8 Å². The third-order valence-corrected chi connectivity index (χ3v) is 10.2. The van der Waals surface area contributed by atoms with Crippen molar-refractivity contribution in [2.24, 2.45) is 0 Å². The van der Waals surface area contributed by atoms with E-state index in [1.165, 1.54) is 59.1 Å². The highest BCUT2D eigenvalue weighted by molar-refractivity contribution is 7.26. The Balaban J connectivity index is 1.32. The third kappa shape index (κ3) is 3.37. The fourth-order valence-electron chi connectivity index (χ4n) is 7.10. The van der Waals surface area contributed by atoms with E-state index in [0.717, 1.165) is 51.3 Å². The Morgan fingerprint density at radius 3 is 2.39 bits per heavy atom. The second kappa shape index (κ2) is 9.09. The van der Waals surface area contributed by atoms with E-state index >= 15 is 0 Å². The van der Waals surface area contributed by atoms with Gasteiger partial charge in [0.2, 0.25) is 0 Å². The molecule has 1 aliphatic rings. The summed E-state index contributed by atoms with van der Waals surface area (Å²) in [4.78, 5) is 10.6. The number of fused-ring (bicyclic) bond motifs is 6. The van der Waals surface area contributed by atoms with Crippen molar-refractivity contribution in [3.63, 3.8) is 0 Å². The number of hydrogen-bond acceptors (Lipinski definition) is 4. The van der Waals surface area contributed by atoms with Crippen molar-refractivity contribution >= 4 is 80.7 Å². The van der Waals surface area contributed by atoms with Gasteiger partial charge in [0.25, 0.3) is 0 Å². The summed E-state index contributed by atoms with van der Waals surface area (Å²) in [5.74, 6) is 0.753. The van der Waals surface area contributed by atoms with Crippen LogP contribution >= 0.6 is 11.3 Å². The van der Waals surface area contributed by atoms with Crippen molar-refractivity contribution in [1.29, 1.82) is 0 Å². The molecule has 0 fully saturated rings. The van der Waals surface area contributed by atoms with Crippen LogP contribution in [0.25, 0.3) is 91.9 Å². The summed E-state index contributed by atoms with van der Waals surface area (Å²) in [6.07, 6.45) is 8.89. The molecule has 1 aliphatic carbocycles. The summed E-state index contributed by atoms with van der Waals surface area (Å²) in [6, 6.07) is 36.7. The molecule has 0 aliphatic heterocycles. The number of rotatable bonds is 3. The fraction of sp³-hybridized carbons (Fsp3) is 0.0500. The highest BCUT2D eigenvalue weighted by Crippen LogP contribution is 2.47. The van der Waals surface area contributed by atoms with E-state index in [2.05, 4.69) is 121 Å². The van der Waals surface area contributed by atoms with Gasteiger partial charge >= 0.3 is 0 Å². The average molecular weight is 581 g/mol. The highest BCUT2D eigenvalue weighted by Gasteiger charge is 2.22. The van der Waals surface area contributed by atoms with Gasteiger partial charge in [-0.15, -0.1) is 11.3 Å². The van der Waals surface area contributed by atoms with E-state index < -0.39 is 0 Å². The zero-order chi connectivity index (χ0) is 28.8. The summed E-state index contributed by atoms with van der Waals surface area (Å²) in [5.41, 5.74) is 8.47. The minimum atomic E-state index is 0.753. The Morgan fingerprint density at radius 2 is 1.48 bits per heavy atom. The highest BCUT2D eigenvalue weighted by atomic mass is 32.1. The lowest BCUT2D eigenvalue weighted by Gasteiger charge is -2.14. The van der Waals surface area contributed by atoms with E-state index in [-0.39, 0.29) is 0 Å². The number of nitrogens with zero attached hydrogens (tertiary/aromatic N) is 2. The molecule has 0 saturated heterocycles. The first-order chi connectivity index (χ1) is 21.8. The first-order valence-corrected chi connectivity index (χ1v) is 15.9. The first-order valence-electron chi connectivity index (χ1n) is 15.1. The standard InChI is InChI=1S/C40H24N2OS/c1-3-10-23(11-4-1)26-20-21-32-36-34(26)30-22-25(18-19-27(30)28-15-9-16-31(43-32)35(28)36)40-41-37(24-12-5-2-6-13-24)39-38(42-40)29-14-7-8-17-33(29)44-39/h1,3-5,7-22H,2,6H2. The zero-order valence-corrected chi connectivity index (χ0v) is 24.5. The third-order valence-electron chi connectivity index (χ3n) is 9.07. The van der Waals surface area contributed by atoms with Crippen LogP contribution in [0.5, 0.6) is 0 Å². The summed E-state index contributed by atoms with van der Waals surface area (Å²) >= 11 is 1.79. The summed E-state index contributed by atoms with van der Waals surface area (Å²) < 4.78 is 8.80. The maximum Gasteiger partial charge on any atom is 0.160 e. The number of aromatic nitrogens is 2. The summed E-state index contributed by atoms with van der Waals surface area (Å²) in [6.45, 7) is 0. The van der Waals surface area contributed by atoms with Crippen LogP contribution in [0.3, 0.4) is 0 Å². The predicted molar refractivity (Wildman–Crippen MR) is 186 cm³/mol. The van der Waals surface area contributed by atoms with Gasteiger partial charge in [-0.3, -0.25) is 0 Å². The van der Waals surface area contributed by atoms with Crippen LogP contribution in [0.15, 0.2) is 126 Å². The minimum Gasteiger partial charge on any atom is -0.456 e. The van der Waals surface area contributed by atoms with Crippen LogP contribution in [0, 0.1) is 0 Å². The Labute approximate surface area is 256 Å². The molecule has 206 valence electrons. The maximum atomic E-state index is 6.42. The molecule has 0 radical (unpaired) electrons. The van der Waals surface area contributed by atoms with Gasteiger partial charge in [-0.2, -0.15) is 0 Å². The molecule has 44 heavy (non-hydrogen) atoms. The van der Waals surface area contributed by atoms with Crippen molar-refractivity contribution in [1.82, 2.24) is 9.97 Å². The van der Waals surface area contributed by atoms with Crippen LogP contribution in [-0.4, -0.2) is 9.97 Å². The van der Waals surface area contributed by atoms with Gasteiger partial charge in [-0.05, 0) is 70.0 Å². The molecule has 3 aromatic heterocycles. The molecule has 0 unspecified atom stereocenters. The van der Waals surface area contributed by atoms with Gasteiger partial charge in [0.15, 0.2) is 5.82 Å². The number of furan rings is 1. The fourth-order valence-corrected chi connectivity index (χ4v) is 8.26. The van der Waals surface area contributed by atoms with E-state index in [4.69, 9.17) is 14.4 Å².